The van der Waals surface area contributed by atoms with Gasteiger partial charge in [-0.1, -0.05) is 6.07 Å². The number of nitriles is 1. The Morgan fingerprint density at radius 2 is 2.28 bits per heavy atom. The van der Waals surface area contributed by atoms with Gasteiger partial charge in [-0.05, 0) is 50.0 Å². The van der Waals surface area contributed by atoms with Gasteiger partial charge in [0.15, 0.2) is 0 Å². The van der Waals surface area contributed by atoms with E-state index in [1.54, 1.807) is 6.07 Å². The summed E-state index contributed by atoms with van der Waals surface area (Å²) in [4.78, 5) is 2.27. The zero-order valence-electron chi connectivity index (χ0n) is 10.8. The topological polar surface area (TPSA) is 73.3 Å². The Bertz CT molecular complexity index is 493. The lowest BCUT2D eigenvalue weighted by Crippen LogP contribution is -2.20. The lowest BCUT2D eigenvalue weighted by atomic mass is 9.96. The number of likely N-dealkylation sites (tertiary alicyclic amines) is 1. The molecule has 1 heterocycles. The Morgan fingerprint density at radius 1 is 1.56 bits per heavy atom. The van der Waals surface area contributed by atoms with E-state index in [-0.39, 0.29) is 5.75 Å². The molecule has 2 unspecified atom stereocenters. The van der Waals surface area contributed by atoms with Crippen LogP contribution in [0.15, 0.2) is 12.1 Å². The molecular formula is C14H19N3O. The standard InChI is InChI=1S/C14H19N3O/c1-9-3-11(5-12(7-16)14(9)18)13-4-10(6-15)8-17(13)2/h3,5,10,13,18H,4,6,8,15H2,1-2H3. The van der Waals surface area contributed by atoms with E-state index in [9.17, 15) is 5.11 Å². The molecule has 0 aromatic heterocycles. The minimum absolute atomic E-state index is 0.0947. The van der Waals surface area contributed by atoms with E-state index in [4.69, 9.17) is 11.0 Å². The van der Waals surface area contributed by atoms with E-state index in [0.29, 0.717) is 24.1 Å². The van der Waals surface area contributed by atoms with Crippen molar-refractivity contribution in [2.75, 3.05) is 20.1 Å². The zero-order chi connectivity index (χ0) is 13.3. The van der Waals surface area contributed by atoms with Gasteiger partial charge in [0.05, 0.1) is 5.56 Å². The van der Waals surface area contributed by atoms with Gasteiger partial charge in [0, 0.05) is 12.6 Å². The van der Waals surface area contributed by atoms with Crippen molar-refractivity contribution in [2.24, 2.45) is 11.7 Å². The molecule has 1 aromatic rings. The summed E-state index contributed by atoms with van der Waals surface area (Å²) in [6.45, 7) is 3.51. The molecule has 3 N–H and O–H groups in total. The Balaban J connectivity index is 2.35. The number of hydrogen-bond donors (Lipinski definition) is 2. The van der Waals surface area contributed by atoms with E-state index in [1.807, 2.05) is 19.1 Å². The third kappa shape index (κ3) is 2.20. The van der Waals surface area contributed by atoms with Gasteiger partial charge in [-0.2, -0.15) is 5.26 Å². The first kappa shape index (κ1) is 12.9. The first-order valence-electron chi connectivity index (χ1n) is 6.20. The normalized spacial score (nSPS) is 24.1. The maximum Gasteiger partial charge on any atom is 0.136 e. The Labute approximate surface area is 108 Å². The number of phenols is 1. The highest BCUT2D eigenvalue weighted by Gasteiger charge is 2.30. The summed E-state index contributed by atoms with van der Waals surface area (Å²) in [7, 11) is 2.08. The van der Waals surface area contributed by atoms with Crippen LogP contribution in [0.5, 0.6) is 5.75 Å². The molecule has 0 amide bonds. The number of nitrogens with zero attached hydrogens (tertiary/aromatic N) is 2. The lowest BCUT2D eigenvalue weighted by Gasteiger charge is -2.20. The first-order valence-corrected chi connectivity index (χ1v) is 6.20. The van der Waals surface area contributed by atoms with Gasteiger partial charge in [0.25, 0.3) is 0 Å². The number of aromatic hydroxyl groups is 1. The fourth-order valence-electron chi connectivity index (χ4n) is 2.75. The van der Waals surface area contributed by atoms with Crippen molar-refractivity contribution in [2.45, 2.75) is 19.4 Å². The van der Waals surface area contributed by atoms with Crippen LogP contribution in [0.4, 0.5) is 0 Å². The van der Waals surface area contributed by atoms with E-state index in [1.165, 1.54) is 0 Å². The zero-order valence-corrected chi connectivity index (χ0v) is 10.8. The molecule has 1 saturated heterocycles. The molecule has 1 aromatic carbocycles. The number of nitrogens with two attached hydrogens (primary N) is 1. The van der Waals surface area contributed by atoms with Crippen molar-refractivity contribution >= 4 is 0 Å². The molecule has 0 spiro atoms. The molecule has 2 atom stereocenters. The first-order chi connectivity index (χ1) is 8.56. The molecule has 4 nitrogen and oxygen atoms in total. The highest BCUT2D eigenvalue weighted by atomic mass is 16.3. The SMILES string of the molecule is Cc1cc(C2CC(CN)CN2C)cc(C#N)c1O. The van der Waals surface area contributed by atoms with Crippen LogP contribution in [0.25, 0.3) is 0 Å². The van der Waals surface area contributed by atoms with Crippen molar-refractivity contribution in [1.29, 1.82) is 5.26 Å². The van der Waals surface area contributed by atoms with Crippen LogP contribution in [-0.2, 0) is 0 Å². The largest absolute Gasteiger partial charge is 0.506 e. The fraction of sp³-hybridized carbons (Fsp3) is 0.500. The summed E-state index contributed by atoms with van der Waals surface area (Å²) in [5, 5.41) is 18.8. The summed E-state index contributed by atoms with van der Waals surface area (Å²) in [5.41, 5.74) is 7.94. The molecule has 4 heteroatoms. The minimum atomic E-state index is 0.0947. The van der Waals surface area contributed by atoms with Crippen LogP contribution in [0.1, 0.15) is 29.2 Å². The summed E-state index contributed by atoms with van der Waals surface area (Å²) in [5.74, 6) is 0.608. The van der Waals surface area contributed by atoms with E-state index in [0.717, 1.165) is 24.1 Å². The van der Waals surface area contributed by atoms with Gasteiger partial charge in [0.1, 0.15) is 11.8 Å². The van der Waals surface area contributed by atoms with Gasteiger partial charge in [0.2, 0.25) is 0 Å². The van der Waals surface area contributed by atoms with Crippen LogP contribution < -0.4 is 5.73 Å². The second-order valence-corrected chi connectivity index (χ2v) is 5.14. The van der Waals surface area contributed by atoms with Crippen LogP contribution >= 0.6 is 0 Å². The average Bonchev–Trinajstić information content (AvgIpc) is 2.74. The molecule has 0 bridgehead atoms. The highest BCUT2D eigenvalue weighted by Crippen LogP contribution is 2.36. The second kappa shape index (κ2) is 4.97. The van der Waals surface area contributed by atoms with Gasteiger partial charge in [-0.25, -0.2) is 0 Å². The molecule has 0 saturated carbocycles. The van der Waals surface area contributed by atoms with Crippen molar-refractivity contribution in [1.82, 2.24) is 4.90 Å². The third-order valence-corrected chi connectivity index (χ3v) is 3.80. The van der Waals surface area contributed by atoms with E-state index >= 15 is 0 Å². The van der Waals surface area contributed by atoms with Crippen LogP contribution in [0, 0.1) is 24.2 Å². The predicted octanol–water partition coefficient (Wildman–Crippen LogP) is 1.52. The third-order valence-electron chi connectivity index (χ3n) is 3.80. The Morgan fingerprint density at radius 3 is 2.83 bits per heavy atom. The van der Waals surface area contributed by atoms with Crippen LogP contribution in [-0.4, -0.2) is 30.1 Å². The second-order valence-electron chi connectivity index (χ2n) is 5.14. The van der Waals surface area contributed by atoms with Crippen molar-refractivity contribution in [3.05, 3.63) is 28.8 Å². The van der Waals surface area contributed by atoms with Crippen molar-refractivity contribution < 1.29 is 5.11 Å². The number of hydrogen-bond acceptors (Lipinski definition) is 4. The summed E-state index contributed by atoms with van der Waals surface area (Å²) in [6.07, 6.45) is 1.02. The number of phenolic OH excluding ortho intramolecular Hbond substituents is 1. The maximum atomic E-state index is 9.77. The van der Waals surface area contributed by atoms with Crippen molar-refractivity contribution in [3.8, 4) is 11.8 Å². The molecule has 2 rings (SSSR count). The smallest absolute Gasteiger partial charge is 0.136 e. The molecule has 0 radical (unpaired) electrons. The lowest BCUT2D eigenvalue weighted by molar-refractivity contribution is 0.313. The maximum absolute atomic E-state index is 9.77. The van der Waals surface area contributed by atoms with E-state index < -0.39 is 0 Å². The van der Waals surface area contributed by atoms with Crippen molar-refractivity contribution in [3.63, 3.8) is 0 Å². The monoisotopic (exact) mass is 245 g/mol. The fourth-order valence-corrected chi connectivity index (χ4v) is 2.75. The Kier molecular flexibility index (Phi) is 3.55. The quantitative estimate of drug-likeness (QED) is 0.828. The molecule has 0 aliphatic carbocycles. The molecule has 1 fully saturated rings. The molecule has 1 aliphatic rings. The average molecular weight is 245 g/mol. The molecule has 96 valence electrons. The van der Waals surface area contributed by atoms with Crippen LogP contribution in [0.2, 0.25) is 0 Å². The van der Waals surface area contributed by atoms with E-state index in [2.05, 4.69) is 11.9 Å². The van der Waals surface area contributed by atoms with Gasteiger partial charge in [-0.3, -0.25) is 4.90 Å². The molecule has 18 heavy (non-hydrogen) atoms. The number of benzene rings is 1. The number of rotatable bonds is 2. The predicted molar refractivity (Wildman–Crippen MR) is 70.1 cm³/mol. The molecule has 1 aliphatic heterocycles. The highest BCUT2D eigenvalue weighted by molar-refractivity contribution is 5.50. The molecular weight excluding hydrogens is 226 g/mol. The van der Waals surface area contributed by atoms with Gasteiger partial charge < -0.3 is 10.8 Å². The summed E-state index contributed by atoms with van der Waals surface area (Å²) < 4.78 is 0. The van der Waals surface area contributed by atoms with Crippen LogP contribution in [0.3, 0.4) is 0 Å². The summed E-state index contributed by atoms with van der Waals surface area (Å²) in [6, 6.07) is 6.11. The summed E-state index contributed by atoms with van der Waals surface area (Å²) >= 11 is 0. The minimum Gasteiger partial charge on any atom is -0.506 e. The van der Waals surface area contributed by atoms with Gasteiger partial charge in [-0.15, -0.1) is 0 Å². The Hall–Kier alpha value is -1.57. The van der Waals surface area contributed by atoms with Gasteiger partial charge >= 0.3 is 0 Å². The number of aryl methyl sites for hydroxylation is 1.